The Labute approximate surface area is 178 Å². The number of hydrogen-bond acceptors (Lipinski definition) is 6. The highest BCUT2D eigenvalue weighted by atomic mass is 19.1. The third-order valence-corrected chi connectivity index (χ3v) is 4.68. The molecule has 0 unspecified atom stereocenters. The van der Waals surface area contributed by atoms with Crippen LogP contribution in [0.2, 0.25) is 0 Å². The van der Waals surface area contributed by atoms with Crippen molar-refractivity contribution in [2.45, 2.75) is 33.3 Å². The third-order valence-electron chi connectivity index (χ3n) is 4.68. The van der Waals surface area contributed by atoms with Gasteiger partial charge >= 0.3 is 6.09 Å². The molecule has 3 heterocycles. The van der Waals surface area contributed by atoms with Gasteiger partial charge in [-0.05, 0) is 51.5 Å². The number of pyridine rings is 1. The summed E-state index contributed by atoms with van der Waals surface area (Å²) in [6, 6.07) is 4.67. The lowest BCUT2D eigenvalue weighted by Crippen LogP contribution is -2.27. The zero-order chi connectivity index (χ0) is 22.5. The average molecular weight is 422 g/mol. The van der Waals surface area contributed by atoms with E-state index in [1.54, 1.807) is 64.0 Å². The van der Waals surface area contributed by atoms with Crippen molar-refractivity contribution in [2.24, 2.45) is 7.05 Å². The Morgan fingerprint density at radius 1 is 1.19 bits per heavy atom. The van der Waals surface area contributed by atoms with Crippen LogP contribution in [0.25, 0.3) is 33.4 Å². The van der Waals surface area contributed by atoms with Gasteiger partial charge in [0.15, 0.2) is 0 Å². The highest BCUT2D eigenvalue weighted by molar-refractivity contribution is 5.98. The van der Waals surface area contributed by atoms with Crippen LogP contribution in [0.4, 0.5) is 14.9 Å². The molecular formula is C22H23FN6O2. The van der Waals surface area contributed by atoms with Crippen molar-refractivity contribution in [3.8, 4) is 22.5 Å². The number of benzene rings is 1. The molecule has 0 spiro atoms. The summed E-state index contributed by atoms with van der Waals surface area (Å²) < 4.78 is 23.0. The second-order valence-electron chi connectivity index (χ2n) is 8.42. The fourth-order valence-electron chi connectivity index (χ4n) is 3.45. The average Bonchev–Trinajstić information content (AvgIpc) is 3.22. The van der Waals surface area contributed by atoms with Crippen molar-refractivity contribution in [1.82, 2.24) is 24.5 Å². The molecule has 4 rings (SSSR count). The zero-order valence-corrected chi connectivity index (χ0v) is 18.0. The van der Waals surface area contributed by atoms with Crippen molar-refractivity contribution in [3.63, 3.8) is 0 Å². The second kappa shape index (κ2) is 7.19. The van der Waals surface area contributed by atoms with Crippen LogP contribution in [-0.4, -0.2) is 36.2 Å². The zero-order valence-electron chi connectivity index (χ0n) is 18.0. The Balaban J connectivity index is 1.95. The maximum Gasteiger partial charge on any atom is 0.435 e. The smallest absolute Gasteiger partial charge is 0.435 e. The number of aryl methyl sites for hydroxylation is 2. The first-order chi connectivity index (χ1) is 14.5. The van der Waals surface area contributed by atoms with Gasteiger partial charge in [-0.15, -0.1) is 0 Å². The minimum absolute atomic E-state index is 0.341. The number of halogens is 1. The van der Waals surface area contributed by atoms with Gasteiger partial charge in [0.1, 0.15) is 17.1 Å². The number of carbonyl (C=O) groups is 1. The molecule has 0 saturated heterocycles. The van der Waals surface area contributed by atoms with Gasteiger partial charge in [0, 0.05) is 35.4 Å². The van der Waals surface area contributed by atoms with Crippen LogP contribution in [0.3, 0.4) is 0 Å². The summed E-state index contributed by atoms with van der Waals surface area (Å²) in [5.41, 5.74) is 8.50. The normalized spacial score (nSPS) is 11.8. The predicted molar refractivity (Wildman–Crippen MR) is 116 cm³/mol. The number of anilines is 1. The SMILES string of the molecule is Cc1cc(N)cc(F)c1-c1cc2c(-c3cnn(C)c3)nn(C(=O)OC(C)(C)C)c2cn1. The lowest BCUT2D eigenvalue weighted by molar-refractivity contribution is 0.0523. The van der Waals surface area contributed by atoms with Gasteiger partial charge < -0.3 is 10.5 Å². The van der Waals surface area contributed by atoms with Crippen LogP contribution in [0.5, 0.6) is 0 Å². The quantitative estimate of drug-likeness (QED) is 0.483. The van der Waals surface area contributed by atoms with E-state index in [-0.39, 0.29) is 0 Å². The Bertz CT molecular complexity index is 1290. The van der Waals surface area contributed by atoms with Crippen LogP contribution in [0, 0.1) is 12.7 Å². The molecule has 0 aliphatic rings. The Morgan fingerprint density at radius 3 is 2.55 bits per heavy atom. The molecule has 31 heavy (non-hydrogen) atoms. The lowest BCUT2D eigenvalue weighted by Gasteiger charge is -2.19. The van der Waals surface area contributed by atoms with Crippen molar-refractivity contribution in [2.75, 3.05) is 5.73 Å². The van der Waals surface area contributed by atoms with Crippen LogP contribution >= 0.6 is 0 Å². The maximum absolute atomic E-state index is 14.7. The molecule has 160 valence electrons. The number of fused-ring (bicyclic) bond motifs is 1. The summed E-state index contributed by atoms with van der Waals surface area (Å²) in [5.74, 6) is -0.466. The number of nitrogens with two attached hydrogens (primary N) is 1. The summed E-state index contributed by atoms with van der Waals surface area (Å²) in [4.78, 5) is 17.2. The topological polar surface area (TPSA) is 101 Å². The summed E-state index contributed by atoms with van der Waals surface area (Å²) >= 11 is 0. The molecule has 2 N–H and O–H groups in total. The number of ether oxygens (including phenoxy) is 1. The molecule has 4 aromatic rings. The molecule has 0 bridgehead atoms. The van der Waals surface area contributed by atoms with Gasteiger partial charge in [-0.25, -0.2) is 9.18 Å². The van der Waals surface area contributed by atoms with E-state index in [0.29, 0.717) is 44.7 Å². The first-order valence-corrected chi connectivity index (χ1v) is 9.70. The standard InChI is InChI=1S/C22H23FN6O2/c1-12-6-14(24)7-16(23)19(12)17-8-15-18(10-25-17)29(21(30)31-22(2,3)4)27-20(15)13-9-26-28(5)11-13/h6-11H,24H2,1-5H3. The van der Waals surface area contributed by atoms with E-state index in [4.69, 9.17) is 10.5 Å². The molecule has 0 radical (unpaired) electrons. The van der Waals surface area contributed by atoms with Crippen LogP contribution in [0.1, 0.15) is 26.3 Å². The van der Waals surface area contributed by atoms with E-state index in [1.165, 1.54) is 16.9 Å². The number of aromatic nitrogens is 5. The van der Waals surface area contributed by atoms with Gasteiger partial charge in [0.25, 0.3) is 0 Å². The molecular weight excluding hydrogens is 399 g/mol. The molecule has 0 saturated carbocycles. The first-order valence-electron chi connectivity index (χ1n) is 9.70. The first kappa shape index (κ1) is 20.5. The minimum Gasteiger partial charge on any atom is -0.442 e. The monoisotopic (exact) mass is 422 g/mol. The van der Waals surface area contributed by atoms with E-state index < -0.39 is 17.5 Å². The Hall–Kier alpha value is -3.75. The fraction of sp³-hybridized carbons (Fsp3) is 0.273. The van der Waals surface area contributed by atoms with Crippen LogP contribution in [-0.2, 0) is 11.8 Å². The van der Waals surface area contributed by atoms with Crippen LogP contribution < -0.4 is 5.73 Å². The van der Waals surface area contributed by atoms with Crippen molar-refractivity contribution in [3.05, 3.63) is 48.2 Å². The second-order valence-corrected chi connectivity index (χ2v) is 8.42. The van der Waals surface area contributed by atoms with Crippen molar-refractivity contribution >= 4 is 22.7 Å². The van der Waals surface area contributed by atoms with Gasteiger partial charge in [0.2, 0.25) is 0 Å². The maximum atomic E-state index is 14.7. The van der Waals surface area contributed by atoms with Gasteiger partial charge in [-0.2, -0.15) is 14.9 Å². The van der Waals surface area contributed by atoms with E-state index in [0.717, 1.165) is 0 Å². The highest BCUT2D eigenvalue weighted by Gasteiger charge is 2.24. The van der Waals surface area contributed by atoms with E-state index in [2.05, 4.69) is 15.2 Å². The summed E-state index contributed by atoms with van der Waals surface area (Å²) in [5, 5.41) is 9.30. The molecule has 3 aromatic heterocycles. The molecule has 0 fully saturated rings. The van der Waals surface area contributed by atoms with Gasteiger partial charge in [0.05, 0.1) is 23.6 Å². The van der Waals surface area contributed by atoms with Crippen LogP contribution in [0.15, 0.2) is 36.8 Å². The van der Waals surface area contributed by atoms with Crippen molar-refractivity contribution in [1.29, 1.82) is 0 Å². The number of rotatable bonds is 2. The summed E-state index contributed by atoms with van der Waals surface area (Å²) in [6.07, 6.45) is 4.31. The molecule has 0 atom stereocenters. The molecule has 9 heteroatoms. The highest BCUT2D eigenvalue weighted by Crippen LogP contribution is 2.33. The molecule has 0 aliphatic carbocycles. The third kappa shape index (κ3) is 3.86. The largest absolute Gasteiger partial charge is 0.442 e. The number of carbonyl (C=O) groups excluding carboxylic acids is 1. The van der Waals surface area contributed by atoms with Gasteiger partial charge in [-0.3, -0.25) is 9.67 Å². The predicted octanol–water partition coefficient (Wildman–Crippen LogP) is 4.31. The molecule has 1 aromatic carbocycles. The minimum atomic E-state index is -0.693. The van der Waals surface area contributed by atoms with Crippen molar-refractivity contribution < 1.29 is 13.9 Å². The summed E-state index contributed by atoms with van der Waals surface area (Å²) in [7, 11) is 1.79. The Morgan fingerprint density at radius 2 is 1.94 bits per heavy atom. The number of nitrogens with zero attached hydrogens (tertiary/aromatic N) is 5. The van der Waals surface area contributed by atoms with Gasteiger partial charge in [-0.1, -0.05) is 0 Å². The molecule has 0 aliphatic heterocycles. The number of nitrogen functional groups attached to an aromatic ring is 1. The summed E-state index contributed by atoms with van der Waals surface area (Å²) in [6.45, 7) is 7.11. The molecule has 8 nitrogen and oxygen atoms in total. The molecule has 0 amide bonds. The van der Waals surface area contributed by atoms with E-state index in [9.17, 15) is 9.18 Å². The van der Waals surface area contributed by atoms with E-state index in [1.807, 2.05) is 0 Å². The lowest BCUT2D eigenvalue weighted by atomic mass is 10.0. The number of hydrogen-bond donors (Lipinski definition) is 1. The fourth-order valence-corrected chi connectivity index (χ4v) is 3.45. The Kier molecular flexibility index (Phi) is 4.76. The van der Waals surface area contributed by atoms with E-state index >= 15 is 0 Å².